The topological polar surface area (TPSA) is 41.6 Å². The van der Waals surface area contributed by atoms with E-state index in [-0.39, 0.29) is 5.91 Å². The number of likely N-dealkylation sites (N-methyl/N-ethyl adjacent to an activating group) is 1. The Labute approximate surface area is 137 Å². The van der Waals surface area contributed by atoms with Crippen molar-refractivity contribution in [3.63, 3.8) is 0 Å². The molecular formula is C18H27FN2O2. The average molecular weight is 322 g/mol. The fourth-order valence-electron chi connectivity index (χ4n) is 4.25. The van der Waals surface area contributed by atoms with Crippen molar-refractivity contribution < 1.29 is 13.9 Å². The molecule has 1 amide bonds. The predicted molar refractivity (Wildman–Crippen MR) is 87.6 cm³/mol. The van der Waals surface area contributed by atoms with Gasteiger partial charge in [-0.15, -0.1) is 0 Å². The zero-order chi connectivity index (χ0) is 16.4. The van der Waals surface area contributed by atoms with Crippen molar-refractivity contribution in [2.45, 2.75) is 38.0 Å². The van der Waals surface area contributed by atoms with Crippen LogP contribution in [0.4, 0.5) is 4.39 Å². The maximum atomic E-state index is 14.5. The SMILES string of the molecule is CNC(=O)CN1CCC(C2CCC3=CCC(F)(OC)C=C32)CC1. The number of halogens is 1. The maximum Gasteiger partial charge on any atom is 0.233 e. The van der Waals surface area contributed by atoms with Gasteiger partial charge < -0.3 is 10.1 Å². The van der Waals surface area contributed by atoms with E-state index >= 15 is 0 Å². The molecule has 1 saturated heterocycles. The third kappa shape index (κ3) is 3.50. The Kier molecular flexibility index (Phi) is 4.87. The first-order valence-electron chi connectivity index (χ1n) is 8.64. The van der Waals surface area contributed by atoms with Gasteiger partial charge in [0.2, 0.25) is 11.8 Å². The van der Waals surface area contributed by atoms with E-state index in [2.05, 4.69) is 10.2 Å². The van der Waals surface area contributed by atoms with Crippen molar-refractivity contribution in [3.05, 3.63) is 23.3 Å². The summed E-state index contributed by atoms with van der Waals surface area (Å²) in [4.78, 5) is 13.7. The first kappa shape index (κ1) is 16.7. The van der Waals surface area contributed by atoms with Gasteiger partial charge in [0.05, 0.1) is 6.54 Å². The van der Waals surface area contributed by atoms with Gasteiger partial charge in [-0.1, -0.05) is 6.08 Å². The number of allylic oxidation sites excluding steroid dienone is 2. The van der Waals surface area contributed by atoms with Crippen LogP contribution in [0.15, 0.2) is 23.3 Å². The largest absolute Gasteiger partial charge is 0.358 e. The van der Waals surface area contributed by atoms with E-state index in [1.54, 1.807) is 13.1 Å². The van der Waals surface area contributed by atoms with Crippen molar-refractivity contribution in [2.75, 3.05) is 33.8 Å². The zero-order valence-electron chi connectivity index (χ0n) is 14.1. The molecule has 128 valence electrons. The molecule has 3 rings (SSSR count). The molecule has 2 aliphatic carbocycles. The van der Waals surface area contributed by atoms with Crippen molar-refractivity contribution >= 4 is 5.91 Å². The molecule has 1 aliphatic heterocycles. The van der Waals surface area contributed by atoms with E-state index in [9.17, 15) is 9.18 Å². The summed E-state index contributed by atoms with van der Waals surface area (Å²) in [6, 6.07) is 0. The Morgan fingerprint density at radius 1 is 1.43 bits per heavy atom. The highest BCUT2D eigenvalue weighted by Crippen LogP contribution is 2.47. The van der Waals surface area contributed by atoms with Crippen LogP contribution in [0.3, 0.4) is 0 Å². The predicted octanol–water partition coefficient (Wildman–Crippen LogP) is 2.42. The number of rotatable bonds is 4. The quantitative estimate of drug-likeness (QED) is 0.864. The highest BCUT2D eigenvalue weighted by molar-refractivity contribution is 5.77. The average Bonchev–Trinajstić information content (AvgIpc) is 2.98. The fourth-order valence-corrected chi connectivity index (χ4v) is 4.25. The van der Waals surface area contributed by atoms with Crippen molar-refractivity contribution in [3.8, 4) is 0 Å². The number of likely N-dealkylation sites (tertiary alicyclic amines) is 1. The number of methoxy groups -OCH3 is 1. The number of amides is 1. The summed E-state index contributed by atoms with van der Waals surface area (Å²) < 4.78 is 19.6. The first-order chi connectivity index (χ1) is 11.0. The lowest BCUT2D eigenvalue weighted by Crippen LogP contribution is -2.41. The Bertz CT molecular complexity index is 523. The highest BCUT2D eigenvalue weighted by Gasteiger charge is 2.39. The fraction of sp³-hybridized carbons (Fsp3) is 0.722. The molecule has 1 N–H and O–H groups in total. The molecular weight excluding hydrogens is 295 g/mol. The number of hydrogen-bond donors (Lipinski definition) is 1. The van der Waals surface area contributed by atoms with Crippen LogP contribution in [0.1, 0.15) is 32.1 Å². The van der Waals surface area contributed by atoms with Crippen LogP contribution in [-0.4, -0.2) is 50.5 Å². The van der Waals surface area contributed by atoms with E-state index in [4.69, 9.17) is 4.74 Å². The summed E-state index contributed by atoms with van der Waals surface area (Å²) in [6.07, 6.45) is 8.44. The first-order valence-corrected chi connectivity index (χ1v) is 8.64. The smallest absolute Gasteiger partial charge is 0.233 e. The van der Waals surface area contributed by atoms with Crippen LogP contribution >= 0.6 is 0 Å². The molecule has 0 radical (unpaired) electrons. The molecule has 2 fully saturated rings. The highest BCUT2D eigenvalue weighted by atomic mass is 19.2. The minimum atomic E-state index is -1.62. The van der Waals surface area contributed by atoms with Crippen LogP contribution in [0.2, 0.25) is 0 Å². The molecule has 2 unspecified atom stereocenters. The standard InChI is InChI=1S/C18H27FN2O2/c1-20-17(22)12-21-9-6-14(7-10-21)15-4-3-13-5-8-18(19,23-2)11-16(13)15/h5,11,14-15H,3-4,6-10,12H2,1-2H3,(H,20,22). The number of carbonyl (C=O) groups is 1. The minimum absolute atomic E-state index is 0.0758. The maximum absolute atomic E-state index is 14.5. The van der Waals surface area contributed by atoms with Crippen LogP contribution in [0.25, 0.3) is 0 Å². The monoisotopic (exact) mass is 322 g/mol. The Morgan fingerprint density at radius 3 is 2.83 bits per heavy atom. The summed E-state index contributed by atoms with van der Waals surface area (Å²) in [6.45, 7) is 2.39. The molecule has 0 aromatic carbocycles. The van der Waals surface area contributed by atoms with Gasteiger partial charge in [-0.25, -0.2) is 4.39 Å². The van der Waals surface area contributed by atoms with Crippen molar-refractivity contribution in [1.29, 1.82) is 0 Å². The molecule has 0 aromatic heterocycles. The number of hydrogen-bond acceptors (Lipinski definition) is 3. The number of piperidine rings is 1. The van der Waals surface area contributed by atoms with Gasteiger partial charge in [0.25, 0.3) is 0 Å². The summed E-state index contributed by atoms with van der Waals surface area (Å²) in [5.74, 6) is -0.505. The lowest BCUT2D eigenvalue weighted by atomic mass is 9.79. The van der Waals surface area contributed by atoms with E-state index < -0.39 is 5.85 Å². The van der Waals surface area contributed by atoms with Gasteiger partial charge in [0.1, 0.15) is 0 Å². The van der Waals surface area contributed by atoms with E-state index in [1.165, 1.54) is 18.3 Å². The van der Waals surface area contributed by atoms with Crippen LogP contribution < -0.4 is 5.32 Å². The second-order valence-corrected chi connectivity index (χ2v) is 6.96. The zero-order valence-corrected chi connectivity index (χ0v) is 14.1. The Balaban J connectivity index is 1.63. The Morgan fingerprint density at radius 2 is 2.17 bits per heavy atom. The van der Waals surface area contributed by atoms with E-state index in [1.807, 2.05) is 6.08 Å². The number of ether oxygens (including phenoxy) is 1. The number of carbonyl (C=O) groups excluding carboxylic acids is 1. The van der Waals surface area contributed by atoms with Crippen LogP contribution in [0, 0.1) is 11.8 Å². The third-order valence-electron chi connectivity index (χ3n) is 5.68. The van der Waals surface area contributed by atoms with E-state index in [0.29, 0.717) is 24.8 Å². The number of alkyl halides is 1. The molecule has 0 aromatic rings. The van der Waals surface area contributed by atoms with Crippen LogP contribution in [0.5, 0.6) is 0 Å². The van der Waals surface area contributed by atoms with Crippen LogP contribution in [-0.2, 0) is 9.53 Å². The van der Waals surface area contributed by atoms with Gasteiger partial charge >= 0.3 is 0 Å². The van der Waals surface area contributed by atoms with Gasteiger partial charge in [-0.05, 0) is 67.8 Å². The van der Waals surface area contributed by atoms with E-state index in [0.717, 1.165) is 38.8 Å². The summed E-state index contributed by atoms with van der Waals surface area (Å²) in [5, 5.41) is 2.68. The number of nitrogens with zero attached hydrogens (tertiary/aromatic N) is 1. The summed E-state index contributed by atoms with van der Waals surface area (Å²) in [5.41, 5.74) is 2.51. The third-order valence-corrected chi connectivity index (χ3v) is 5.68. The molecule has 1 saturated carbocycles. The summed E-state index contributed by atoms with van der Waals surface area (Å²) >= 11 is 0. The normalized spacial score (nSPS) is 32.2. The molecule has 0 bridgehead atoms. The van der Waals surface area contributed by atoms with Gasteiger partial charge in [-0.3, -0.25) is 9.69 Å². The molecule has 4 nitrogen and oxygen atoms in total. The second-order valence-electron chi connectivity index (χ2n) is 6.96. The number of nitrogens with one attached hydrogen (secondary N) is 1. The van der Waals surface area contributed by atoms with Crippen molar-refractivity contribution in [1.82, 2.24) is 10.2 Å². The van der Waals surface area contributed by atoms with Gasteiger partial charge in [-0.2, -0.15) is 0 Å². The molecule has 23 heavy (non-hydrogen) atoms. The van der Waals surface area contributed by atoms with Gasteiger partial charge in [0.15, 0.2) is 0 Å². The lowest BCUT2D eigenvalue weighted by molar-refractivity contribution is -0.122. The molecule has 1 heterocycles. The number of fused-ring (bicyclic) bond motifs is 1. The summed E-state index contributed by atoms with van der Waals surface area (Å²) in [7, 11) is 3.12. The second kappa shape index (κ2) is 6.73. The molecule has 5 heteroatoms. The van der Waals surface area contributed by atoms with Crippen molar-refractivity contribution in [2.24, 2.45) is 11.8 Å². The van der Waals surface area contributed by atoms with Gasteiger partial charge in [0, 0.05) is 20.6 Å². The Hall–Kier alpha value is -1.20. The molecule has 3 aliphatic rings. The lowest BCUT2D eigenvalue weighted by Gasteiger charge is -2.36. The minimum Gasteiger partial charge on any atom is -0.358 e. The molecule has 0 spiro atoms. The molecule has 2 atom stereocenters.